The summed E-state index contributed by atoms with van der Waals surface area (Å²) in [6, 6.07) is 2.20. The lowest BCUT2D eigenvalue weighted by Gasteiger charge is -2.68. The highest BCUT2D eigenvalue weighted by Gasteiger charge is 2.68. The van der Waals surface area contributed by atoms with Crippen LogP contribution in [0.25, 0.3) is 0 Å². The first-order chi connectivity index (χ1) is 16.5. The molecule has 0 amide bonds. The first-order valence-electron chi connectivity index (χ1n) is 14.2. The number of rotatable bonds is 1. The van der Waals surface area contributed by atoms with E-state index in [-0.39, 0.29) is 62.5 Å². The molecule has 0 aliphatic heterocycles. The van der Waals surface area contributed by atoms with Crippen molar-refractivity contribution in [3.05, 3.63) is 11.6 Å². The van der Waals surface area contributed by atoms with Crippen LogP contribution < -0.4 is 0 Å². The lowest BCUT2D eigenvalue weighted by molar-refractivity contribution is -0.190. The van der Waals surface area contributed by atoms with Gasteiger partial charge in [-0.05, 0) is 91.8 Å². The summed E-state index contributed by atoms with van der Waals surface area (Å²) in [6.07, 6.45) is 10.0. The second-order valence-corrected chi connectivity index (χ2v) is 14.9. The molecule has 0 aromatic carbocycles. The van der Waals surface area contributed by atoms with Crippen LogP contribution in [0.1, 0.15) is 113 Å². The summed E-state index contributed by atoms with van der Waals surface area (Å²) in [6.45, 7) is 17.3. The Morgan fingerprint density at radius 1 is 0.861 bits per heavy atom. The minimum absolute atomic E-state index is 0.00142. The number of hydrogen-bond donors (Lipinski definition) is 0. The quantitative estimate of drug-likeness (QED) is 0.385. The van der Waals surface area contributed by atoms with Crippen LogP contribution in [-0.2, 0) is 14.4 Å². The van der Waals surface area contributed by atoms with Crippen molar-refractivity contribution in [2.45, 2.75) is 113 Å². The van der Waals surface area contributed by atoms with Crippen LogP contribution in [0.2, 0.25) is 0 Å². The minimum Gasteiger partial charge on any atom is -0.300 e. The maximum Gasteiger partial charge on any atom is 0.178 e. The van der Waals surface area contributed by atoms with Gasteiger partial charge in [-0.2, -0.15) is 5.26 Å². The molecule has 4 heteroatoms. The highest BCUT2D eigenvalue weighted by molar-refractivity contribution is 6.04. The van der Waals surface area contributed by atoms with Gasteiger partial charge in [-0.1, -0.05) is 54.5 Å². The van der Waals surface area contributed by atoms with Crippen molar-refractivity contribution in [3.63, 3.8) is 0 Å². The highest BCUT2D eigenvalue weighted by Crippen LogP contribution is 2.72. The van der Waals surface area contributed by atoms with Crippen LogP contribution in [0.15, 0.2) is 11.6 Å². The molecule has 0 aromatic heterocycles. The lowest BCUT2D eigenvalue weighted by atomic mass is 9.35. The zero-order chi connectivity index (χ0) is 26.9. The van der Waals surface area contributed by atoms with E-state index in [4.69, 9.17) is 0 Å². The molecule has 0 saturated heterocycles. The first kappa shape index (κ1) is 27.3. The topological polar surface area (TPSA) is 75.0 Å². The number of carbonyl (C=O) groups is 3. The number of nitriles is 1. The maximum atomic E-state index is 14.1. The molecule has 0 N–H and O–H groups in total. The van der Waals surface area contributed by atoms with E-state index < -0.39 is 5.41 Å². The summed E-state index contributed by atoms with van der Waals surface area (Å²) < 4.78 is 0. The summed E-state index contributed by atoms with van der Waals surface area (Å²) in [5.41, 5.74) is -0.924. The summed E-state index contributed by atoms with van der Waals surface area (Å²) in [4.78, 5) is 39.9. The van der Waals surface area contributed by atoms with E-state index in [9.17, 15) is 19.6 Å². The van der Waals surface area contributed by atoms with E-state index in [1.807, 2.05) is 19.9 Å². The molecule has 3 saturated carbocycles. The number of fused-ring (bicyclic) bond motifs is 5. The van der Waals surface area contributed by atoms with E-state index in [0.717, 1.165) is 51.4 Å². The Hall–Kier alpha value is -1.76. The number of ketones is 3. The van der Waals surface area contributed by atoms with E-state index in [1.165, 1.54) is 0 Å². The van der Waals surface area contributed by atoms with Crippen LogP contribution in [0, 0.1) is 62.1 Å². The second kappa shape index (κ2) is 8.64. The van der Waals surface area contributed by atoms with Crippen molar-refractivity contribution in [1.82, 2.24) is 0 Å². The molecule has 198 valence electrons. The van der Waals surface area contributed by atoms with Crippen molar-refractivity contribution in [1.29, 1.82) is 5.26 Å². The fraction of sp³-hybridized carbons (Fsp3) is 0.812. The molecule has 0 heterocycles. The van der Waals surface area contributed by atoms with Gasteiger partial charge in [0.1, 0.15) is 17.6 Å². The average molecular weight is 494 g/mol. The van der Waals surface area contributed by atoms with Gasteiger partial charge in [0.25, 0.3) is 0 Å². The molecule has 4 aliphatic rings. The minimum atomic E-state index is -0.614. The van der Waals surface area contributed by atoms with Gasteiger partial charge in [-0.3, -0.25) is 14.4 Å². The lowest BCUT2D eigenvalue weighted by Crippen LogP contribution is -2.65. The molecule has 0 aromatic rings. The van der Waals surface area contributed by atoms with Crippen LogP contribution in [-0.4, -0.2) is 17.3 Å². The van der Waals surface area contributed by atoms with Gasteiger partial charge in [0.2, 0.25) is 0 Å². The number of Topliss-reactive ketones (excluding diaryl/α,β-unsaturated/α-hetero) is 3. The third-order valence-corrected chi connectivity index (χ3v) is 12.2. The zero-order valence-electron chi connectivity index (χ0n) is 23.9. The summed E-state index contributed by atoms with van der Waals surface area (Å²) in [5, 5.41) is 9.87. The van der Waals surface area contributed by atoms with Gasteiger partial charge in [0.15, 0.2) is 5.78 Å². The number of nitrogens with zero attached hydrogens (tertiary/aromatic N) is 1. The Balaban J connectivity index is 1.84. The van der Waals surface area contributed by atoms with Gasteiger partial charge in [-0.15, -0.1) is 0 Å². The SMILES string of the molecule is CC(=O)[C@H]1CCC(C)(C)CCC2C(=O)C[C@@H]3[C@@]4(C)C=C(C#N)C(=O)C(C)(C)[C@@H]4CC[C@@]3(C)[C@]2(C)CC1. The second-order valence-electron chi connectivity index (χ2n) is 14.9. The third kappa shape index (κ3) is 3.86. The average Bonchev–Trinajstić information content (AvgIpc) is 2.77. The molecular weight excluding hydrogens is 446 g/mol. The Labute approximate surface area is 218 Å². The van der Waals surface area contributed by atoms with E-state index in [2.05, 4.69) is 40.7 Å². The van der Waals surface area contributed by atoms with Gasteiger partial charge in [0.05, 0.1) is 5.57 Å². The van der Waals surface area contributed by atoms with Crippen molar-refractivity contribution >= 4 is 17.3 Å². The van der Waals surface area contributed by atoms with Crippen LogP contribution in [0.3, 0.4) is 0 Å². The summed E-state index contributed by atoms with van der Waals surface area (Å²) >= 11 is 0. The van der Waals surface area contributed by atoms with E-state index in [1.54, 1.807) is 6.92 Å². The molecule has 1 unspecified atom stereocenters. The normalized spacial score (nSPS) is 44.2. The fourth-order valence-electron chi connectivity index (χ4n) is 9.58. The molecule has 0 radical (unpaired) electrons. The summed E-state index contributed by atoms with van der Waals surface area (Å²) in [7, 11) is 0. The monoisotopic (exact) mass is 493 g/mol. The van der Waals surface area contributed by atoms with Crippen molar-refractivity contribution < 1.29 is 14.4 Å². The molecule has 7 atom stereocenters. The van der Waals surface area contributed by atoms with Gasteiger partial charge in [0, 0.05) is 23.7 Å². The van der Waals surface area contributed by atoms with Gasteiger partial charge >= 0.3 is 0 Å². The third-order valence-electron chi connectivity index (χ3n) is 12.2. The molecule has 4 rings (SSSR count). The van der Waals surface area contributed by atoms with Crippen LogP contribution in [0.4, 0.5) is 0 Å². The first-order valence-corrected chi connectivity index (χ1v) is 14.2. The molecule has 0 spiro atoms. The fourth-order valence-corrected chi connectivity index (χ4v) is 9.58. The predicted octanol–water partition coefficient (Wildman–Crippen LogP) is 7.26. The van der Waals surface area contributed by atoms with Gasteiger partial charge in [-0.25, -0.2) is 0 Å². The molecule has 36 heavy (non-hydrogen) atoms. The highest BCUT2D eigenvalue weighted by atomic mass is 16.1. The maximum absolute atomic E-state index is 14.1. The Bertz CT molecular complexity index is 1040. The summed E-state index contributed by atoms with van der Waals surface area (Å²) in [5.74, 6) is 0.847. The molecule has 4 aliphatic carbocycles. The Morgan fingerprint density at radius 3 is 2.06 bits per heavy atom. The molecule has 3 fully saturated rings. The van der Waals surface area contributed by atoms with Crippen molar-refractivity contribution in [3.8, 4) is 6.07 Å². The van der Waals surface area contributed by atoms with Crippen molar-refractivity contribution in [2.24, 2.45) is 50.7 Å². The number of carbonyl (C=O) groups excluding carboxylic acids is 3. The van der Waals surface area contributed by atoms with Gasteiger partial charge < -0.3 is 0 Å². The van der Waals surface area contributed by atoms with Crippen molar-refractivity contribution in [2.75, 3.05) is 0 Å². The van der Waals surface area contributed by atoms with Crippen LogP contribution >= 0.6 is 0 Å². The number of allylic oxidation sites excluding steroid dienone is 2. The Morgan fingerprint density at radius 2 is 1.44 bits per heavy atom. The molecule has 4 nitrogen and oxygen atoms in total. The molecule has 0 bridgehead atoms. The largest absolute Gasteiger partial charge is 0.300 e. The number of hydrogen-bond acceptors (Lipinski definition) is 4. The zero-order valence-corrected chi connectivity index (χ0v) is 23.9. The van der Waals surface area contributed by atoms with E-state index in [0.29, 0.717) is 12.2 Å². The smallest absolute Gasteiger partial charge is 0.178 e. The predicted molar refractivity (Wildman–Crippen MR) is 142 cm³/mol. The molecular formula is C32H47NO3. The standard InChI is InChI=1S/C32H47NO3/c1-20(34)21-9-13-28(2,3)14-11-23-24(35)17-26-30(6)18-22(19-33)27(36)29(4,5)25(30)12-16-32(26,8)31(23,7)15-10-21/h18,21,23,25-26H,9-17H2,1-8H3/t21-,23?,25-,26+,30-,31+,32+/m0/s1. The van der Waals surface area contributed by atoms with E-state index >= 15 is 0 Å². The van der Waals surface area contributed by atoms with Crippen LogP contribution in [0.5, 0.6) is 0 Å². The Kier molecular flexibility index (Phi) is 6.55.